The van der Waals surface area contributed by atoms with E-state index in [0.717, 1.165) is 12.2 Å². The van der Waals surface area contributed by atoms with Crippen molar-refractivity contribution < 1.29 is 0 Å². The van der Waals surface area contributed by atoms with E-state index in [1.54, 1.807) is 0 Å². The summed E-state index contributed by atoms with van der Waals surface area (Å²) in [5, 5.41) is 9.43. The SMILES string of the molecule is Cc1cc(N2CCCC2)ccc1NCc1csnn1. The van der Waals surface area contributed by atoms with Crippen molar-refractivity contribution >= 4 is 22.9 Å². The van der Waals surface area contributed by atoms with Gasteiger partial charge in [0.25, 0.3) is 0 Å². The predicted molar refractivity (Wildman–Crippen MR) is 79.9 cm³/mol. The molecular weight excluding hydrogens is 256 g/mol. The molecule has 0 bridgehead atoms. The van der Waals surface area contributed by atoms with E-state index < -0.39 is 0 Å². The molecule has 2 aromatic rings. The van der Waals surface area contributed by atoms with Crippen LogP contribution in [0.1, 0.15) is 24.1 Å². The highest BCUT2D eigenvalue weighted by atomic mass is 32.1. The standard InChI is InChI=1S/C14H18N4S/c1-11-8-13(18-6-2-3-7-18)4-5-14(11)15-9-12-10-19-17-16-12/h4-5,8,10,15H,2-3,6-7,9H2,1H3. The van der Waals surface area contributed by atoms with Crippen LogP contribution >= 0.6 is 11.5 Å². The van der Waals surface area contributed by atoms with Gasteiger partial charge in [-0.3, -0.25) is 0 Å². The largest absolute Gasteiger partial charge is 0.379 e. The number of anilines is 2. The van der Waals surface area contributed by atoms with Crippen LogP contribution in [0.3, 0.4) is 0 Å². The highest BCUT2D eigenvalue weighted by molar-refractivity contribution is 7.03. The van der Waals surface area contributed by atoms with Crippen LogP contribution in [-0.4, -0.2) is 22.7 Å². The molecule has 1 fully saturated rings. The van der Waals surface area contributed by atoms with Gasteiger partial charge in [-0.25, -0.2) is 0 Å². The van der Waals surface area contributed by atoms with E-state index in [0.29, 0.717) is 0 Å². The van der Waals surface area contributed by atoms with Crippen molar-refractivity contribution in [3.05, 3.63) is 34.8 Å². The number of benzene rings is 1. The number of hydrogen-bond acceptors (Lipinski definition) is 5. The van der Waals surface area contributed by atoms with Crippen molar-refractivity contribution in [2.24, 2.45) is 0 Å². The minimum Gasteiger partial charge on any atom is -0.379 e. The van der Waals surface area contributed by atoms with E-state index >= 15 is 0 Å². The summed E-state index contributed by atoms with van der Waals surface area (Å²) in [5.41, 5.74) is 4.80. The van der Waals surface area contributed by atoms with Gasteiger partial charge < -0.3 is 10.2 Å². The molecule has 1 saturated heterocycles. The Morgan fingerprint density at radius 2 is 2.16 bits per heavy atom. The Labute approximate surface area is 117 Å². The molecule has 1 aromatic heterocycles. The van der Waals surface area contributed by atoms with Crippen molar-refractivity contribution in [3.63, 3.8) is 0 Å². The summed E-state index contributed by atoms with van der Waals surface area (Å²) in [6.45, 7) is 5.27. The van der Waals surface area contributed by atoms with Crippen LogP contribution in [0.25, 0.3) is 0 Å². The Balaban J connectivity index is 1.68. The number of nitrogens with zero attached hydrogens (tertiary/aromatic N) is 3. The molecular formula is C14H18N4S. The van der Waals surface area contributed by atoms with E-state index in [-0.39, 0.29) is 0 Å². The second-order valence-corrected chi connectivity index (χ2v) is 5.55. The van der Waals surface area contributed by atoms with E-state index in [1.165, 1.54) is 54.4 Å². The third-order valence-corrected chi connectivity index (χ3v) is 4.10. The third-order valence-electron chi connectivity index (χ3n) is 3.55. The fourth-order valence-corrected chi connectivity index (χ4v) is 2.92. The van der Waals surface area contributed by atoms with Gasteiger partial charge in [0.1, 0.15) is 0 Å². The van der Waals surface area contributed by atoms with Gasteiger partial charge in [0.15, 0.2) is 0 Å². The summed E-state index contributed by atoms with van der Waals surface area (Å²) in [7, 11) is 0. The average molecular weight is 274 g/mol. The van der Waals surface area contributed by atoms with Crippen LogP contribution in [0.4, 0.5) is 11.4 Å². The number of rotatable bonds is 4. The van der Waals surface area contributed by atoms with Crippen LogP contribution in [0.2, 0.25) is 0 Å². The Hall–Kier alpha value is -1.62. The minimum absolute atomic E-state index is 0.737. The zero-order chi connectivity index (χ0) is 13.1. The molecule has 3 rings (SSSR count). The fourth-order valence-electron chi connectivity index (χ4n) is 2.47. The van der Waals surface area contributed by atoms with Crippen LogP contribution in [0.5, 0.6) is 0 Å². The summed E-state index contributed by atoms with van der Waals surface area (Å²) in [5.74, 6) is 0. The zero-order valence-corrected chi connectivity index (χ0v) is 11.9. The molecule has 0 amide bonds. The Morgan fingerprint density at radius 3 is 2.84 bits per heavy atom. The molecule has 1 aromatic carbocycles. The normalized spacial score (nSPS) is 14.9. The second-order valence-electron chi connectivity index (χ2n) is 4.94. The number of hydrogen-bond donors (Lipinski definition) is 1. The van der Waals surface area contributed by atoms with Gasteiger partial charge >= 0.3 is 0 Å². The van der Waals surface area contributed by atoms with E-state index in [1.807, 2.05) is 5.38 Å². The first-order valence-corrected chi connectivity index (χ1v) is 7.52. The summed E-state index contributed by atoms with van der Waals surface area (Å²) in [6, 6.07) is 6.65. The molecule has 0 aliphatic carbocycles. The predicted octanol–water partition coefficient (Wildman–Crippen LogP) is 3.06. The molecule has 0 spiro atoms. The zero-order valence-electron chi connectivity index (χ0n) is 11.1. The maximum atomic E-state index is 4.04. The molecule has 0 saturated carbocycles. The summed E-state index contributed by atoms with van der Waals surface area (Å²) in [4.78, 5) is 2.46. The molecule has 1 aliphatic rings. The first kappa shape index (κ1) is 12.4. The quantitative estimate of drug-likeness (QED) is 0.930. The van der Waals surface area contributed by atoms with Crippen LogP contribution in [0.15, 0.2) is 23.6 Å². The van der Waals surface area contributed by atoms with Gasteiger partial charge in [-0.05, 0) is 55.1 Å². The second kappa shape index (κ2) is 5.57. The summed E-state index contributed by atoms with van der Waals surface area (Å²) >= 11 is 1.39. The minimum atomic E-state index is 0.737. The fraction of sp³-hybridized carbons (Fsp3) is 0.429. The molecule has 0 unspecified atom stereocenters. The van der Waals surface area contributed by atoms with Crippen molar-refractivity contribution in [2.45, 2.75) is 26.3 Å². The molecule has 0 radical (unpaired) electrons. The molecule has 1 N–H and O–H groups in total. The van der Waals surface area contributed by atoms with E-state index in [2.05, 4.69) is 44.9 Å². The molecule has 0 atom stereocenters. The highest BCUT2D eigenvalue weighted by Gasteiger charge is 2.12. The average Bonchev–Trinajstić information content (AvgIpc) is 3.10. The Kier molecular flexibility index (Phi) is 3.64. The maximum Gasteiger partial charge on any atom is 0.0946 e. The molecule has 5 heteroatoms. The molecule has 4 nitrogen and oxygen atoms in total. The Bertz CT molecular complexity index is 532. The first-order chi connectivity index (χ1) is 9.33. The number of aryl methyl sites for hydroxylation is 1. The molecule has 2 heterocycles. The van der Waals surface area contributed by atoms with Crippen molar-refractivity contribution in [1.82, 2.24) is 9.59 Å². The number of aromatic nitrogens is 2. The lowest BCUT2D eigenvalue weighted by Gasteiger charge is -2.19. The number of nitrogens with one attached hydrogen (secondary N) is 1. The third kappa shape index (κ3) is 2.87. The van der Waals surface area contributed by atoms with Crippen molar-refractivity contribution in [3.8, 4) is 0 Å². The smallest absolute Gasteiger partial charge is 0.0946 e. The van der Waals surface area contributed by atoms with Gasteiger partial charge in [0.05, 0.1) is 12.2 Å². The molecule has 1 aliphatic heterocycles. The van der Waals surface area contributed by atoms with E-state index in [4.69, 9.17) is 0 Å². The highest BCUT2D eigenvalue weighted by Crippen LogP contribution is 2.25. The van der Waals surface area contributed by atoms with Gasteiger partial charge in [-0.15, -0.1) is 5.10 Å². The monoisotopic (exact) mass is 274 g/mol. The first-order valence-electron chi connectivity index (χ1n) is 6.68. The van der Waals surface area contributed by atoms with Crippen LogP contribution < -0.4 is 10.2 Å². The van der Waals surface area contributed by atoms with Crippen LogP contribution in [-0.2, 0) is 6.54 Å². The van der Waals surface area contributed by atoms with Gasteiger partial charge in [0.2, 0.25) is 0 Å². The van der Waals surface area contributed by atoms with Gasteiger partial charge in [-0.2, -0.15) is 0 Å². The topological polar surface area (TPSA) is 41.0 Å². The maximum absolute atomic E-state index is 4.04. The van der Waals surface area contributed by atoms with Crippen molar-refractivity contribution in [1.29, 1.82) is 0 Å². The van der Waals surface area contributed by atoms with Gasteiger partial charge in [0, 0.05) is 29.8 Å². The molecule has 100 valence electrons. The van der Waals surface area contributed by atoms with Gasteiger partial charge in [-0.1, -0.05) is 4.49 Å². The Morgan fingerprint density at radius 1 is 1.32 bits per heavy atom. The lowest BCUT2D eigenvalue weighted by Crippen LogP contribution is -2.17. The van der Waals surface area contributed by atoms with E-state index in [9.17, 15) is 0 Å². The summed E-state index contributed by atoms with van der Waals surface area (Å²) in [6.07, 6.45) is 2.63. The van der Waals surface area contributed by atoms with Crippen LogP contribution in [0, 0.1) is 6.92 Å². The van der Waals surface area contributed by atoms with Crippen molar-refractivity contribution in [2.75, 3.05) is 23.3 Å². The molecule has 19 heavy (non-hydrogen) atoms. The lowest BCUT2D eigenvalue weighted by molar-refractivity contribution is 0.949. The lowest BCUT2D eigenvalue weighted by atomic mass is 10.1. The summed E-state index contributed by atoms with van der Waals surface area (Å²) < 4.78 is 3.87.